The molecule has 0 fully saturated rings. The van der Waals surface area contributed by atoms with Gasteiger partial charge in [0.25, 0.3) is 5.91 Å². The van der Waals surface area contributed by atoms with Crippen LogP contribution in [0.2, 0.25) is 0 Å². The topological polar surface area (TPSA) is 59.1 Å². The monoisotopic (exact) mass is 450 g/mol. The smallest absolute Gasteiger partial charge is 0.250 e. The van der Waals surface area contributed by atoms with Crippen molar-refractivity contribution in [2.75, 3.05) is 40.4 Å². The fourth-order valence-electron chi connectivity index (χ4n) is 4.36. The van der Waals surface area contributed by atoms with Gasteiger partial charge in [-0.15, -0.1) is 0 Å². The van der Waals surface area contributed by atoms with E-state index in [1.54, 1.807) is 26.0 Å². The molecule has 6 heteroatoms. The van der Waals surface area contributed by atoms with Crippen LogP contribution in [0.1, 0.15) is 48.3 Å². The van der Waals surface area contributed by atoms with Gasteiger partial charge in [0.15, 0.2) is 5.78 Å². The first-order valence-corrected chi connectivity index (χ1v) is 11.4. The molecular weight excluding hydrogens is 416 g/mol. The van der Waals surface area contributed by atoms with E-state index in [0.29, 0.717) is 34.8 Å². The van der Waals surface area contributed by atoms with Crippen molar-refractivity contribution in [2.24, 2.45) is 0 Å². The number of rotatable bonds is 10. The summed E-state index contributed by atoms with van der Waals surface area (Å²) >= 11 is 0. The Morgan fingerprint density at radius 2 is 1.67 bits per heavy atom. The van der Waals surface area contributed by atoms with Gasteiger partial charge in [-0.1, -0.05) is 43.7 Å². The highest BCUT2D eigenvalue weighted by Crippen LogP contribution is 2.44. The fourth-order valence-corrected chi connectivity index (χ4v) is 4.36. The molecule has 0 radical (unpaired) electrons. The van der Waals surface area contributed by atoms with Crippen molar-refractivity contribution in [2.45, 2.75) is 33.7 Å². The quantitative estimate of drug-likeness (QED) is 0.501. The van der Waals surface area contributed by atoms with Crippen LogP contribution < -0.4 is 9.47 Å². The minimum atomic E-state index is -0.549. The Morgan fingerprint density at radius 1 is 1.00 bits per heavy atom. The summed E-state index contributed by atoms with van der Waals surface area (Å²) in [7, 11) is 3.20. The number of carbonyl (C=O) groups is 2. The molecule has 0 saturated heterocycles. The number of aryl methyl sites for hydroxylation is 1. The molecule has 1 amide bonds. The zero-order valence-corrected chi connectivity index (χ0v) is 20.5. The fraction of sp³-hybridized carbons (Fsp3) is 0.407. The van der Waals surface area contributed by atoms with E-state index < -0.39 is 6.04 Å². The summed E-state index contributed by atoms with van der Waals surface area (Å²) in [4.78, 5) is 31.3. The minimum absolute atomic E-state index is 0.118. The SMILES string of the molecule is CCN(CC)CCN1C(=O)C(C)=C(C(=O)c2ccc(C)cc2)C1c1cc(OC)ccc1OC. The molecule has 1 atom stereocenters. The van der Waals surface area contributed by atoms with Gasteiger partial charge in [0.05, 0.1) is 20.3 Å². The Kier molecular flexibility index (Phi) is 7.92. The van der Waals surface area contributed by atoms with Crippen LogP contribution in [0, 0.1) is 6.92 Å². The first kappa shape index (κ1) is 24.5. The van der Waals surface area contributed by atoms with E-state index in [-0.39, 0.29) is 11.7 Å². The van der Waals surface area contributed by atoms with E-state index in [2.05, 4.69) is 18.7 Å². The molecule has 3 rings (SSSR count). The first-order chi connectivity index (χ1) is 15.9. The summed E-state index contributed by atoms with van der Waals surface area (Å²) in [6.07, 6.45) is 0. The zero-order valence-electron chi connectivity index (χ0n) is 20.5. The van der Waals surface area contributed by atoms with Gasteiger partial charge in [-0.2, -0.15) is 0 Å². The normalized spacial score (nSPS) is 16.0. The number of amides is 1. The number of carbonyl (C=O) groups excluding carboxylic acids is 2. The van der Waals surface area contributed by atoms with E-state index >= 15 is 0 Å². The predicted octanol–water partition coefficient (Wildman–Crippen LogP) is 4.44. The van der Waals surface area contributed by atoms with E-state index in [1.165, 1.54) is 0 Å². The Bertz CT molecular complexity index is 1040. The van der Waals surface area contributed by atoms with Crippen molar-refractivity contribution in [3.63, 3.8) is 0 Å². The molecule has 1 heterocycles. The maximum atomic E-state index is 13.7. The molecule has 0 aliphatic carbocycles. The van der Waals surface area contributed by atoms with Crippen LogP contribution in [0.15, 0.2) is 53.6 Å². The maximum absolute atomic E-state index is 13.7. The van der Waals surface area contributed by atoms with Crippen molar-refractivity contribution in [1.82, 2.24) is 9.80 Å². The third kappa shape index (κ3) is 4.96. The number of hydrogen-bond acceptors (Lipinski definition) is 5. The van der Waals surface area contributed by atoms with Crippen LogP contribution >= 0.6 is 0 Å². The predicted molar refractivity (Wildman–Crippen MR) is 130 cm³/mol. The van der Waals surface area contributed by atoms with Gasteiger partial charge in [0.1, 0.15) is 11.5 Å². The van der Waals surface area contributed by atoms with Crippen molar-refractivity contribution in [1.29, 1.82) is 0 Å². The molecule has 176 valence electrons. The van der Waals surface area contributed by atoms with E-state index in [4.69, 9.17) is 9.47 Å². The molecule has 1 unspecified atom stereocenters. The lowest BCUT2D eigenvalue weighted by Crippen LogP contribution is -2.38. The van der Waals surface area contributed by atoms with Gasteiger partial charge in [0, 0.05) is 35.4 Å². The maximum Gasteiger partial charge on any atom is 0.250 e. The molecule has 6 nitrogen and oxygen atoms in total. The Balaban J connectivity index is 2.12. The lowest BCUT2D eigenvalue weighted by Gasteiger charge is -2.30. The van der Waals surface area contributed by atoms with Gasteiger partial charge >= 0.3 is 0 Å². The summed E-state index contributed by atoms with van der Waals surface area (Å²) in [6, 6.07) is 12.4. The molecule has 0 bridgehead atoms. The molecule has 2 aromatic carbocycles. The number of nitrogens with zero attached hydrogens (tertiary/aromatic N) is 2. The van der Waals surface area contributed by atoms with Crippen molar-refractivity contribution >= 4 is 11.7 Å². The molecule has 1 aliphatic heterocycles. The summed E-state index contributed by atoms with van der Waals surface area (Å²) in [5.41, 5.74) is 3.37. The molecule has 0 spiro atoms. The van der Waals surface area contributed by atoms with E-state index in [0.717, 1.165) is 30.8 Å². The standard InChI is InChI=1S/C27H34N2O4/c1-7-28(8-2)15-16-29-25(22-17-21(32-5)13-14-23(22)33-6)24(19(4)27(29)31)26(30)20-11-9-18(3)10-12-20/h9-14,17,25H,7-8,15-16H2,1-6H3. The van der Waals surface area contributed by atoms with Crippen LogP contribution in [0.5, 0.6) is 11.5 Å². The van der Waals surface area contributed by atoms with Gasteiger partial charge in [0.2, 0.25) is 0 Å². The second kappa shape index (κ2) is 10.7. The third-order valence-electron chi connectivity index (χ3n) is 6.41. The van der Waals surface area contributed by atoms with Crippen molar-refractivity contribution in [3.05, 3.63) is 70.3 Å². The van der Waals surface area contributed by atoms with Crippen molar-refractivity contribution in [3.8, 4) is 11.5 Å². The van der Waals surface area contributed by atoms with Gasteiger partial charge in [-0.05, 0) is 45.1 Å². The number of benzene rings is 2. The van der Waals surface area contributed by atoms with Crippen LogP contribution in [0.4, 0.5) is 0 Å². The van der Waals surface area contributed by atoms with E-state index in [9.17, 15) is 9.59 Å². The van der Waals surface area contributed by atoms with Crippen LogP contribution in [0.25, 0.3) is 0 Å². The molecule has 0 saturated carbocycles. The minimum Gasteiger partial charge on any atom is -0.497 e. The highest BCUT2D eigenvalue weighted by molar-refractivity contribution is 6.16. The summed E-state index contributed by atoms with van der Waals surface area (Å²) < 4.78 is 11.1. The number of Topliss-reactive ketones (excluding diaryl/α,β-unsaturated/α-hetero) is 1. The number of hydrogen-bond donors (Lipinski definition) is 0. The van der Waals surface area contributed by atoms with Crippen LogP contribution in [-0.4, -0.2) is 61.9 Å². The molecule has 2 aromatic rings. The molecular formula is C27H34N2O4. The summed E-state index contributed by atoms with van der Waals surface area (Å²) in [5.74, 6) is 1.01. The Morgan fingerprint density at radius 3 is 2.24 bits per heavy atom. The number of ketones is 1. The Labute approximate surface area is 196 Å². The summed E-state index contributed by atoms with van der Waals surface area (Å²) in [6.45, 7) is 11.0. The lowest BCUT2D eigenvalue weighted by molar-refractivity contribution is -0.127. The van der Waals surface area contributed by atoms with Gasteiger partial charge < -0.3 is 19.3 Å². The molecule has 0 aromatic heterocycles. The average Bonchev–Trinajstić information content (AvgIpc) is 3.09. The number of ether oxygens (including phenoxy) is 2. The first-order valence-electron chi connectivity index (χ1n) is 11.4. The largest absolute Gasteiger partial charge is 0.497 e. The highest BCUT2D eigenvalue weighted by atomic mass is 16.5. The van der Waals surface area contributed by atoms with Crippen LogP contribution in [0.3, 0.4) is 0 Å². The zero-order chi connectivity index (χ0) is 24.1. The second-order valence-corrected chi connectivity index (χ2v) is 8.27. The molecule has 33 heavy (non-hydrogen) atoms. The van der Waals surface area contributed by atoms with Crippen LogP contribution in [-0.2, 0) is 4.79 Å². The number of likely N-dealkylation sites (N-methyl/N-ethyl adjacent to an activating group) is 1. The molecule has 1 aliphatic rings. The second-order valence-electron chi connectivity index (χ2n) is 8.27. The Hall–Kier alpha value is -3.12. The molecule has 0 N–H and O–H groups in total. The van der Waals surface area contributed by atoms with Gasteiger partial charge in [-0.25, -0.2) is 0 Å². The third-order valence-corrected chi connectivity index (χ3v) is 6.41. The average molecular weight is 451 g/mol. The van der Waals surface area contributed by atoms with Gasteiger partial charge in [-0.3, -0.25) is 9.59 Å². The number of methoxy groups -OCH3 is 2. The lowest BCUT2D eigenvalue weighted by atomic mass is 9.90. The van der Waals surface area contributed by atoms with Crippen molar-refractivity contribution < 1.29 is 19.1 Å². The van der Waals surface area contributed by atoms with E-state index in [1.807, 2.05) is 49.4 Å². The highest BCUT2D eigenvalue weighted by Gasteiger charge is 2.42. The summed E-state index contributed by atoms with van der Waals surface area (Å²) in [5, 5.41) is 0.